The van der Waals surface area contributed by atoms with E-state index in [0.717, 1.165) is 11.0 Å². The van der Waals surface area contributed by atoms with E-state index in [1.165, 1.54) is 27.8 Å². The highest BCUT2D eigenvalue weighted by Gasteiger charge is 2.12. The van der Waals surface area contributed by atoms with Crippen LogP contribution >= 0.6 is 0 Å². The fraction of sp³-hybridized carbons (Fsp3) is 0.182. The molecular weight excluding hydrogens is 275 g/mol. The lowest BCUT2D eigenvalue weighted by Gasteiger charge is -2.17. The first-order valence-corrected chi connectivity index (χ1v) is 8.12. The van der Waals surface area contributed by atoms with E-state index in [4.69, 9.17) is 7.85 Å². The minimum atomic E-state index is 0.418. The highest BCUT2D eigenvalue weighted by atomic mass is 14.1. The molecule has 23 heavy (non-hydrogen) atoms. The molecule has 3 rings (SSSR count). The van der Waals surface area contributed by atoms with E-state index >= 15 is 0 Å². The molecule has 0 aliphatic rings. The molecule has 0 fully saturated rings. The van der Waals surface area contributed by atoms with Gasteiger partial charge in [0.15, 0.2) is 0 Å². The number of rotatable bonds is 3. The summed E-state index contributed by atoms with van der Waals surface area (Å²) in [6.45, 7) is 6.49. The van der Waals surface area contributed by atoms with Gasteiger partial charge < -0.3 is 0 Å². The second kappa shape index (κ2) is 6.46. The summed E-state index contributed by atoms with van der Waals surface area (Å²) in [4.78, 5) is 0. The van der Waals surface area contributed by atoms with Gasteiger partial charge in [0.1, 0.15) is 7.85 Å². The summed E-state index contributed by atoms with van der Waals surface area (Å²) >= 11 is 0. The highest BCUT2D eigenvalue weighted by molar-refractivity contribution is 6.37. The topological polar surface area (TPSA) is 0 Å². The van der Waals surface area contributed by atoms with Crippen molar-refractivity contribution >= 4 is 13.3 Å². The molecule has 0 saturated carbocycles. The molecule has 0 nitrogen and oxygen atoms in total. The Balaban J connectivity index is 2.21. The SMILES string of the molecule is [B]c1c(-c2ccccc2-c2cccc(C)c2)cccc1C(C)C. The maximum atomic E-state index is 6.49. The lowest BCUT2D eigenvalue weighted by molar-refractivity contribution is 0.874. The van der Waals surface area contributed by atoms with Gasteiger partial charge in [0, 0.05) is 0 Å². The fourth-order valence-electron chi connectivity index (χ4n) is 3.10. The van der Waals surface area contributed by atoms with Crippen LogP contribution in [0.3, 0.4) is 0 Å². The van der Waals surface area contributed by atoms with Gasteiger partial charge >= 0.3 is 0 Å². The van der Waals surface area contributed by atoms with Gasteiger partial charge in [0.25, 0.3) is 0 Å². The monoisotopic (exact) mass is 296 g/mol. The standard InChI is InChI=1S/C22H21B/c1-15(2)18-12-7-13-21(22(18)23)20-11-5-4-10-19(20)17-9-6-8-16(3)14-17/h4-15H,1-3H3. The minimum absolute atomic E-state index is 0.418. The molecule has 0 bridgehead atoms. The Hall–Kier alpha value is -2.28. The first-order valence-electron chi connectivity index (χ1n) is 8.12. The van der Waals surface area contributed by atoms with Gasteiger partial charge in [-0.2, -0.15) is 0 Å². The molecule has 0 amide bonds. The molecule has 0 aromatic heterocycles. The van der Waals surface area contributed by atoms with Crippen molar-refractivity contribution in [2.45, 2.75) is 26.7 Å². The third-order valence-electron chi connectivity index (χ3n) is 4.31. The van der Waals surface area contributed by atoms with Crippen molar-refractivity contribution in [3.63, 3.8) is 0 Å². The van der Waals surface area contributed by atoms with Crippen LogP contribution in [-0.4, -0.2) is 7.85 Å². The van der Waals surface area contributed by atoms with Crippen molar-refractivity contribution in [3.05, 3.63) is 77.9 Å². The van der Waals surface area contributed by atoms with Crippen molar-refractivity contribution in [2.24, 2.45) is 0 Å². The van der Waals surface area contributed by atoms with Gasteiger partial charge in [-0.3, -0.25) is 0 Å². The molecule has 1 heteroatoms. The van der Waals surface area contributed by atoms with Crippen LogP contribution in [0.1, 0.15) is 30.9 Å². The van der Waals surface area contributed by atoms with E-state index in [9.17, 15) is 0 Å². The van der Waals surface area contributed by atoms with Crippen LogP contribution < -0.4 is 5.46 Å². The van der Waals surface area contributed by atoms with Gasteiger partial charge in [-0.25, -0.2) is 0 Å². The lowest BCUT2D eigenvalue weighted by atomic mass is 9.78. The van der Waals surface area contributed by atoms with E-state index in [0.29, 0.717) is 5.92 Å². The Kier molecular flexibility index (Phi) is 4.38. The maximum absolute atomic E-state index is 6.49. The molecular formula is C22H21B. The van der Waals surface area contributed by atoms with Crippen LogP contribution in [0.15, 0.2) is 66.7 Å². The Labute approximate surface area is 140 Å². The number of benzene rings is 3. The first kappa shape index (κ1) is 15.6. The quantitative estimate of drug-likeness (QED) is 0.579. The van der Waals surface area contributed by atoms with Crippen molar-refractivity contribution in [3.8, 4) is 22.3 Å². The van der Waals surface area contributed by atoms with Crippen LogP contribution in [0, 0.1) is 6.92 Å². The van der Waals surface area contributed by atoms with Gasteiger partial charge in [-0.15, -0.1) is 0 Å². The normalized spacial score (nSPS) is 11.0. The van der Waals surface area contributed by atoms with Crippen LogP contribution in [0.4, 0.5) is 0 Å². The maximum Gasteiger partial charge on any atom is 0.115 e. The molecule has 0 aliphatic carbocycles. The third kappa shape index (κ3) is 3.10. The zero-order valence-corrected chi connectivity index (χ0v) is 14.0. The van der Waals surface area contributed by atoms with Crippen LogP contribution in [0.25, 0.3) is 22.3 Å². The molecule has 3 aromatic rings. The molecule has 0 N–H and O–H groups in total. The minimum Gasteiger partial charge on any atom is -0.0856 e. The molecule has 3 aromatic carbocycles. The van der Waals surface area contributed by atoms with Crippen LogP contribution in [0.2, 0.25) is 0 Å². The van der Waals surface area contributed by atoms with Gasteiger partial charge in [-0.1, -0.05) is 97.2 Å². The largest absolute Gasteiger partial charge is 0.115 e. The second-order valence-corrected chi connectivity index (χ2v) is 6.38. The third-order valence-corrected chi connectivity index (χ3v) is 4.31. The summed E-state index contributed by atoms with van der Waals surface area (Å²) < 4.78 is 0. The Morgan fingerprint density at radius 3 is 2.09 bits per heavy atom. The van der Waals surface area contributed by atoms with Crippen LogP contribution in [0.5, 0.6) is 0 Å². The van der Waals surface area contributed by atoms with E-state index in [1.54, 1.807) is 0 Å². The van der Waals surface area contributed by atoms with E-state index in [2.05, 4.69) is 87.5 Å². The summed E-state index contributed by atoms with van der Waals surface area (Å²) in [6, 6.07) is 23.5. The predicted octanol–water partition coefficient (Wildman–Crippen LogP) is 5.25. The van der Waals surface area contributed by atoms with E-state index < -0.39 is 0 Å². The predicted molar refractivity (Wildman–Crippen MR) is 102 cm³/mol. The number of aryl methyl sites for hydroxylation is 1. The summed E-state index contributed by atoms with van der Waals surface area (Å²) in [6.07, 6.45) is 0. The number of hydrogen-bond acceptors (Lipinski definition) is 0. The van der Waals surface area contributed by atoms with Crippen molar-refractivity contribution in [1.29, 1.82) is 0 Å². The summed E-state index contributed by atoms with van der Waals surface area (Å²) in [5.74, 6) is 0.418. The summed E-state index contributed by atoms with van der Waals surface area (Å²) in [5.41, 5.74) is 8.13. The molecule has 0 heterocycles. The molecule has 0 saturated heterocycles. The van der Waals surface area contributed by atoms with Crippen molar-refractivity contribution in [1.82, 2.24) is 0 Å². The molecule has 2 radical (unpaired) electrons. The average molecular weight is 296 g/mol. The Bertz CT molecular complexity index is 831. The highest BCUT2D eigenvalue weighted by Crippen LogP contribution is 2.32. The first-order chi connectivity index (χ1) is 11.1. The molecule has 0 spiro atoms. The molecule has 0 atom stereocenters. The van der Waals surface area contributed by atoms with E-state index in [1.807, 2.05) is 0 Å². The second-order valence-electron chi connectivity index (χ2n) is 6.38. The average Bonchev–Trinajstić information content (AvgIpc) is 2.55. The van der Waals surface area contributed by atoms with Gasteiger partial charge in [-0.05, 0) is 35.1 Å². The summed E-state index contributed by atoms with van der Waals surface area (Å²) in [7, 11) is 6.49. The molecule has 0 aliphatic heterocycles. The zero-order chi connectivity index (χ0) is 16.4. The zero-order valence-electron chi connectivity index (χ0n) is 14.0. The summed E-state index contributed by atoms with van der Waals surface area (Å²) in [5, 5.41) is 0. The van der Waals surface area contributed by atoms with Crippen LogP contribution in [-0.2, 0) is 0 Å². The van der Waals surface area contributed by atoms with E-state index in [-0.39, 0.29) is 0 Å². The van der Waals surface area contributed by atoms with Crippen molar-refractivity contribution < 1.29 is 0 Å². The number of hydrogen-bond donors (Lipinski definition) is 0. The smallest absolute Gasteiger partial charge is 0.0856 e. The molecule has 112 valence electrons. The Morgan fingerprint density at radius 2 is 1.39 bits per heavy atom. The fourth-order valence-corrected chi connectivity index (χ4v) is 3.10. The molecule has 0 unspecified atom stereocenters. The van der Waals surface area contributed by atoms with Gasteiger partial charge in [0.2, 0.25) is 0 Å². The Morgan fingerprint density at radius 1 is 0.739 bits per heavy atom. The van der Waals surface area contributed by atoms with Crippen molar-refractivity contribution in [2.75, 3.05) is 0 Å². The van der Waals surface area contributed by atoms with Gasteiger partial charge in [0.05, 0.1) is 0 Å². The lowest BCUT2D eigenvalue weighted by Crippen LogP contribution is -2.15.